The maximum Gasteiger partial charge on any atom is 0.0416 e. The second-order valence-electron chi connectivity index (χ2n) is 6.20. The van der Waals surface area contributed by atoms with E-state index in [1.807, 2.05) is 11.3 Å². The van der Waals surface area contributed by atoms with Gasteiger partial charge in [-0.05, 0) is 48.3 Å². The lowest BCUT2D eigenvalue weighted by atomic mass is 9.99. The van der Waals surface area contributed by atoms with Crippen molar-refractivity contribution in [2.24, 2.45) is 5.92 Å². The highest BCUT2D eigenvalue weighted by molar-refractivity contribution is 7.10. The zero-order valence-electron chi connectivity index (χ0n) is 13.6. The van der Waals surface area contributed by atoms with E-state index < -0.39 is 0 Å². The molecule has 0 aliphatic rings. The van der Waals surface area contributed by atoms with Crippen LogP contribution in [0.5, 0.6) is 0 Å². The van der Waals surface area contributed by atoms with Crippen molar-refractivity contribution >= 4 is 11.3 Å². The average Bonchev–Trinajstić information content (AvgIpc) is 2.98. The Hall–Kier alpha value is -1.12. The number of thiophene rings is 1. The Bertz CT molecular complexity index is 513. The quantitative estimate of drug-likeness (QED) is 0.686. The predicted molar refractivity (Wildman–Crippen MR) is 93.9 cm³/mol. The molecule has 2 unspecified atom stereocenters. The fourth-order valence-electron chi connectivity index (χ4n) is 2.70. The maximum absolute atomic E-state index is 3.76. The molecule has 2 aromatic rings. The SMILES string of the molecule is CCC(NC(C)c1ccc(CC(C)C)cc1)c1cccs1. The van der Waals surface area contributed by atoms with Crippen LogP contribution in [0.15, 0.2) is 41.8 Å². The molecule has 0 spiro atoms. The average molecular weight is 301 g/mol. The molecule has 114 valence electrons. The van der Waals surface area contributed by atoms with Crippen LogP contribution in [-0.2, 0) is 6.42 Å². The predicted octanol–water partition coefficient (Wildman–Crippen LogP) is 5.75. The van der Waals surface area contributed by atoms with Gasteiger partial charge in [0.05, 0.1) is 0 Å². The summed E-state index contributed by atoms with van der Waals surface area (Å²) in [6, 6.07) is 14.3. The van der Waals surface area contributed by atoms with Gasteiger partial charge in [0.15, 0.2) is 0 Å². The number of hydrogen-bond acceptors (Lipinski definition) is 2. The maximum atomic E-state index is 3.76. The monoisotopic (exact) mass is 301 g/mol. The first-order valence-electron chi connectivity index (χ1n) is 7.98. The molecule has 2 rings (SSSR count). The molecule has 21 heavy (non-hydrogen) atoms. The number of benzene rings is 1. The third kappa shape index (κ3) is 4.69. The van der Waals surface area contributed by atoms with Crippen molar-refractivity contribution < 1.29 is 0 Å². The van der Waals surface area contributed by atoms with E-state index in [-0.39, 0.29) is 0 Å². The topological polar surface area (TPSA) is 12.0 Å². The fraction of sp³-hybridized carbons (Fsp3) is 0.474. The van der Waals surface area contributed by atoms with Gasteiger partial charge < -0.3 is 5.32 Å². The third-order valence-corrected chi connectivity index (χ3v) is 4.86. The number of hydrogen-bond donors (Lipinski definition) is 1. The van der Waals surface area contributed by atoms with Crippen LogP contribution in [-0.4, -0.2) is 0 Å². The van der Waals surface area contributed by atoms with Gasteiger partial charge in [-0.15, -0.1) is 11.3 Å². The minimum Gasteiger partial charge on any atom is -0.303 e. The number of nitrogens with one attached hydrogen (secondary N) is 1. The minimum atomic E-state index is 0.380. The van der Waals surface area contributed by atoms with E-state index in [9.17, 15) is 0 Å². The largest absolute Gasteiger partial charge is 0.303 e. The van der Waals surface area contributed by atoms with Gasteiger partial charge in [0.2, 0.25) is 0 Å². The highest BCUT2D eigenvalue weighted by Crippen LogP contribution is 2.25. The highest BCUT2D eigenvalue weighted by Gasteiger charge is 2.14. The van der Waals surface area contributed by atoms with Gasteiger partial charge in [0.1, 0.15) is 0 Å². The molecule has 2 atom stereocenters. The van der Waals surface area contributed by atoms with Crippen molar-refractivity contribution in [1.29, 1.82) is 0 Å². The van der Waals surface area contributed by atoms with E-state index in [2.05, 4.69) is 74.8 Å². The summed E-state index contributed by atoms with van der Waals surface area (Å²) in [5, 5.41) is 5.91. The lowest BCUT2D eigenvalue weighted by molar-refractivity contribution is 0.462. The Morgan fingerprint density at radius 2 is 1.76 bits per heavy atom. The lowest BCUT2D eigenvalue weighted by Crippen LogP contribution is -2.23. The van der Waals surface area contributed by atoms with Gasteiger partial charge in [-0.2, -0.15) is 0 Å². The molecule has 1 N–H and O–H groups in total. The molecular formula is C19H27NS. The second-order valence-corrected chi connectivity index (χ2v) is 7.18. The standard InChI is InChI=1S/C19H27NS/c1-5-18(19-7-6-12-21-19)20-15(4)17-10-8-16(9-11-17)13-14(2)3/h6-12,14-15,18,20H,5,13H2,1-4H3. The Labute approximate surface area is 133 Å². The normalized spacial score (nSPS) is 14.3. The molecule has 0 saturated carbocycles. The van der Waals surface area contributed by atoms with Crippen LogP contribution < -0.4 is 5.32 Å². The van der Waals surface area contributed by atoms with Crippen molar-refractivity contribution in [3.8, 4) is 0 Å². The van der Waals surface area contributed by atoms with Crippen LogP contribution in [0.2, 0.25) is 0 Å². The molecule has 0 fully saturated rings. The van der Waals surface area contributed by atoms with E-state index >= 15 is 0 Å². The summed E-state index contributed by atoms with van der Waals surface area (Å²) in [7, 11) is 0. The summed E-state index contributed by atoms with van der Waals surface area (Å²) in [4.78, 5) is 1.43. The molecule has 1 heterocycles. The fourth-order valence-corrected chi connectivity index (χ4v) is 3.57. The lowest BCUT2D eigenvalue weighted by Gasteiger charge is -2.22. The highest BCUT2D eigenvalue weighted by atomic mass is 32.1. The summed E-state index contributed by atoms with van der Waals surface area (Å²) >= 11 is 1.84. The molecule has 1 aromatic carbocycles. The minimum absolute atomic E-state index is 0.380. The summed E-state index contributed by atoms with van der Waals surface area (Å²) in [5.74, 6) is 0.717. The molecule has 0 radical (unpaired) electrons. The van der Waals surface area contributed by atoms with E-state index in [1.54, 1.807) is 0 Å². The van der Waals surface area contributed by atoms with Crippen molar-refractivity contribution in [3.05, 3.63) is 57.8 Å². The van der Waals surface area contributed by atoms with Crippen LogP contribution in [0.1, 0.15) is 62.2 Å². The first-order valence-corrected chi connectivity index (χ1v) is 8.86. The Morgan fingerprint density at radius 3 is 2.29 bits per heavy atom. The van der Waals surface area contributed by atoms with Crippen LogP contribution >= 0.6 is 11.3 Å². The molecule has 1 nitrogen and oxygen atoms in total. The van der Waals surface area contributed by atoms with Crippen LogP contribution in [0.4, 0.5) is 0 Å². The summed E-state index contributed by atoms with van der Waals surface area (Å²) < 4.78 is 0. The molecule has 0 aliphatic carbocycles. The number of rotatable bonds is 7. The third-order valence-electron chi connectivity index (χ3n) is 3.87. The van der Waals surface area contributed by atoms with E-state index in [0.717, 1.165) is 18.8 Å². The zero-order chi connectivity index (χ0) is 15.2. The second kappa shape index (κ2) is 7.77. The van der Waals surface area contributed by atoms with Gasteiger partial charge >= 0.3 is 0 Å². The summed E-state index contributed by atoms with van der Waals surface area (Å²) in [6.45, 7) is 9.04. The van der Waals surface area contributed by atoms with Gasteiger partial charge in [0, 0.05) is 17.0 Å². The molecule has 0 aliphatic heterocycles. The van der Waals surface area contributed by atoms with E-state index in [1.165, 1.54) is 16.0 Å². The first-order chi connectivity index (χ1) is 10.1. The molecule has 0 saturated heterocycles. The van der Waals surface area contributed by atoms with Crippen molar-refractivity contribution in [1.82, 2.24) is 5.32 Å². The Kier molecular flexibility index (Phi) is 6.01. The summed E-state index contributed by atoms with van der Waals surface area (Å²) in [6.07, 6.45) is 2.28. The van der Waals surface area contributed by atoms with Crippen molar-refractivity contribution in [2.75, 3.05) is 0 Å². The Balaban J connectivity index is 2.00. The molecular weight excluding hydrogens is 274 g/mol. The molecule has 0 amide bonds. The Morgan fingerprint density at radius 1 is 1.05 bits per heavy atom. The van der Waals surface area contributed by atoms with Gasteiger partial charge in [-0.25, -0.2) is 0 Å². The van der Waals surface area contributed by atoms with E-state index in [4.69, 9.17) is 0 Å². The van der Waals surface area contributed by atoms with Gasteiger partial charge in [0.25, 0.3) is 0 Å². The summed E-state index contributed by atoms with van der Waals surface area (Å²) in [5.41, 5.74) is 2.81. The zero-order valence-corrected chi connectivity index (χ0v) is 14.4. The van der Waals surface area contributed by atoms with Crippen molar-refractivity contribution in [2.45, 2.75) is 52.6 Å². The van der Waals surface area contributed by atoms with Crippen LogP contribution in [0, 0.1) is 5.92 Å². The van der Waals surface area contributed by atoms with Crippen LogP contribution in [0.25, 0.3) is 0 Å². The van der Waals surface area contributed by atoms with Gasteiger partial charge in [-0.3, -0.25) is 0 Å². The molecule has 2 heteroatoms. The van der Waals surface area contributed by atoms with Gasteiger partial charge in [-0.1, -0.05) is 51.1 Å². The van der Waals surface area contributed by atoms with Crippen molar-refractivity contribution in [3.63, 3.8) is 0 Å². The van der Waals surface area contributed by atoms with Crippen LogP contribution in [0.3, 0.4) is 0 Å². The first kappa shape index (κ1) is 16.3. The van der Waals surface area contributed by atoms with E-state index in [0.29, 0.717) is 12.1 Å². The molecule has 0 bridgehead atoms. The molecule has 1 aromatic heterocycles. The smallest absolute Gasteiger partial charge is 0.0416 e.